The lowest BCUT2D eigenvalue weighted by atomic mass is 10.0. The van der Waals surface area contributed by atoms with Crippen LogP contribution in [0.15, 0.2) is 16.5 Å². The third-order valence-corrected chi connectivity index (χ3v) is 2.71. The van der Waals surface area contributed by atoms with Crippen molar-refractivity contribution < 1.29 is 14.3 Å². The Balaban J connectivity index is 2.84. The van der Waals surface area contributed by atoms with E-state index in [-0.39, 0.29) is 5.56 Å². The lowest BCUT2D eigenvalue weighted by molar-refractivity contribution is 0.0697. The van der Waals surface area contributed by atoms with E-state index in [9.17, 15) is 4.79 Å². The van der Waals surface area contributed by atoms with Crippen molar-refractivity contribution in [2.75, 3.05) is 0 Å². The molecule has 0 atom stereocenters. The number of aromatic carboxylic acids is 1. The van der Waals surface area contributed by atoms with Crippen LogP contribution in [0.4, 0.5) is 0 Å². The molecule has 1 heterocycles. The molecule has 0 aliphatic heterocycles. The molecule has 0 saturated heterocycles. The minimum atomic E-state index is -0.924. The van der Waals surface area contributed by atoms with Crippen LogP contribution in [0.2, 0.25) is 0 Å². The molecule has 0 unspecified atom stereocenters. The van der Waals surface area contributed by atoms with Gasteiger partial charge in [-0.15, -0.1) is 0 Å². The Morgan fingerprint density at radius 3 is 2.53 bits per heavy atom. The number of carbonyl (C=O) groups is 1. The van der Waals surface area contributed by atoms with Crippen LogP contribution in [0.1, 0.15) is 27.2 Å². The summed E-state index contributed by atoms with van der Waals surface area (Å²) in [6.45, 7) is 5.76. The molecule has 0 saturated carbocycles. The number of fused-ring (bicyclic) bond motifs is 1. The molecule has 0 radical (unpaired) electrons. The Bertz CT molecular complexity index is 549. The number of benzene rings is 1. The fourth-order valence-corrected chi connectivity index (χ4v) is 1.86. The summed E-state index contributed by atoms with van der Waals surface area (Å²) < 4.78 is 5.51. The maximum atomic E-state index is 10.8. The first-order valence-electron chi connectivity index (χ1n) is 4.74. The maximum absolute atomic E-state index is 10.8. The summed E-state index contributed by atoms with van der Waals surface area (Å²) in [6.07, 6.45) is 0. The van der Waals surface area contributed by atoms with Crippen LogP contribution in [0.25, 0.3) is 11.0 Å². The molecule has 78 valence electrons. The van der Waals surface area contributed by atoms with Crippen LogP contribution < -0.4 is 0 Å². The highest BCUT2D eigenvalue weighted by Gasteiger charge is 2.13. The standard InChI is InChI=1S/C12H12O3/c1-6-4-9(12(13)14)5-10-11(6)7(2)8(3)15-10/h4-5H,1-3H3,(H,13,14). The Morgan fingerprint density at radius 2 is 1.93 bits per heavy atom. The number of aryl methyl sites for hydroxylation is 3. The van der Waals surface area contributed by atoms with Crippen LogP contribution in [-0.4, -0.2) is 11.1 Å². The van der Waals surface area contributed by atoms with Crippen molar-refractivity contribution in [2.45, 2.75) is 20.8 Å². The van der Waals surface area contributed by atoms with E-state index >= 15 is 0 Å². The predicted octanol–water partition coefficient (Wildman–Crippen LogP) is 3.06. The number of carboxylic acid groups (broad SMARTS) is 1. The van der Waals surface area contributed by atoms with Gasteiger partial charge in [0.25, 0.3) is 0 Å². The van der Waals surface area contributed by atoms with Crippen molar-refractivity contribution in [1.29, 1.82) is 0 Å². The van der Waals surface area contributed by atoms with Gasteiger partial charge in [0, 0.05) is 5.39 Å². The number of furan rings is 1. The minimum Gasteiger partial charge on any atom is -0.478 e. The van der Waals surface area contributed by atoms with Crippen LogP contribution in [0, 0.1) is 20.8 Å². The first-order chi connectivity index (χ1) is 7.00. The van der Waals surface area contributed by atoms with Crippen molar-refractivity contribution >= 4 is 16.9 Å². The van der Waals surface area contributed by atoms with E-state index in [1.807, 2.05) is 20.8 Å². The third kappa shape index (κ3) is 1.40. The molecular formula is C12H12O3. The topological polar surface area (TPSA) is 50.4 Å². The maximum Gasteiger partial charge on any atom is 0.335 e. The van der Waals surface area contributed by atoms with Crippen LogP contribution in [-0.2, 0) is 0 Å². The molecular weight excluding hydrogens is 192 g/mol. The van der Waals surface area contributed by atoms with Crippen LogP contribution >= 0.6 is 0 Å². The van der Waals surface area contributed by atoms with Crippen molar-refractivity contribution in [1.82, 2.24) is 0 Å². The molecule has 0 amide bonds. The molecule has 1 aromatic carbocycles. The van der Waals surface area contributed by atoms with Gasteiger partial charge in [0.2, 0.25) is 0 Å². The largest absolute Gasteiger partial charge is 0.478 e. The molecule has 1 aromatic heterocycles. The Hall–Kier alpha value is -1.77. The highest BCUT2D eigenvalue weighted by Crippen LogP contribution is 2.28. The van der Waals surface area contributed by atoms with E-state index in [0.29, 0.717) is 5.58 Å². The van der Waals surface area contributed by atoms with Crippen molar-refractivity contribution in [3.63, 3.8) is 0 Å². The summed E-state index contributed by atoms with van der Waals surface area (Å²) in [5, 5.41) is 9.93. The third-order valence-electron chi connectivity index (χ3n) is 2.71. The van der Waals surface area contributed by atoms with E-state index in [1.165, 1.54) is 0 Å². The zero-order valence-corrected chi connectivity index (χ0v) is 8.92. The number of carboxylic acids is 1. The van der Waals surface area contributed by atoms with E-state index < -0.39 is 5.97 Å². The van der Waals surface area contributed by atoms with E-state index in [4.69, 9.17) is 9.52 Å². The van der Waals surface area contributed by atoms with Gasteiger partial charge >= 0.3 is 5.97 Å². The zero-order chi connectivity index (χ0) is 11.2. The van der Waals surface area contributed by atoms with Crippen molar-refractivity contribution in [3.05, 3.63) is 34.6 Å². The Labute approximate surface area is 87.3 Å². The average molecular weight is 204 g/mol. The van der Waals surface area contributed by atoms with Gasteiger partial charge in [-0.3, -0.25) is 0 Å². The Kier molecular flexibility index (Phi) is 2.03. The van der Waals surface area contributed by atoms with Gasteiger partial charge in [0.1, 0.15) is 11.3 Å². The first kappa shape index (κ1) is 9.77. The summed E-state index contributed by atoms with van der Waals surface area (Å²) in [7, 11) is 0. The molecule has 3 heteroatoms. The molecule has 0 aliphatic rings. The van der Waals surface area contributed by atoms with Gasteiger partial charge in [-0.1, -0.05) is 0 Å². The molecule has 1 N–H and O–H groups in total. The smallest absolute Gasteiger partial charge is 0.335 e. The first-order valence-corrected chi connectivity index (χ1v) is 4.74. The predicted molar refractivity (Wildman–Crippen MR) is 57.4 cm³/mol. The molecule has 0 fully saturated rings. The molecule has 0 bridgehead atoms. The van der Waals surface area contributed by atoms with E-state index in [0.717, 1.165) is 22.3 Å². The van der Waals surface area contributed by atoms with Gasteiger partial charge in [0.15, 0.2) is 0 Å². The van der Waals surface area contributed by atoms with Gasteiger partial charge in [-0.2, -0.15) is 0 Å². The summed E-state index contributed by atoms with van der Waals surface area (Å²) in [4.78, 5) is 10.8. The molecule has 15 heavy (non-hydrogen) atoms. The summed E-state index contributed by atoms with van der Waals surface area (Å²) in [5.74, 6) is -0.0812. The zero-order valence-electron chi connectivity index (χ0n) is 8.92. The molecule has 0 spiro atoms. The number of hydrogen-bond donors (Lipinski definition) is 1. The summed E-state index contributed by atoms with van der Waals surface area (Å²) in [6, 6.07) is 3.25. The van der Waals surface area contributed by atoms with Gasteiger partial charge < -0.3 is 9.52 Å². The molecule has 0 aliphatic carbocycles. The SMILES string of the molecule is Cc1oc2cc(C(=O)O)cc(C)c2c1C. The fraction of sp³-hybridized carbons (Fsp3) is 0.250. The molecule has 2 rings (SSSR count). The monoisotopic (exact) mass is 204 g/mol. The Morgan fingerprint density at radius 1 is 1.27 bits per heavy atom. The average Bonchev–Trinajstić information content (AvgIpc) is 2.42. The highest BCUT2D eigenvalue weighted by atomic mass is 16.4. The van der Waals surface area contributed by atoms with Gasteiger partial charge in [-0.05, 0) is 44.0 Å². The summed E-state index contributed by atoms with van der Waals surface area (Å²) in [5.41, 5.74) is 2.95. The second kappa shape index (κ2) is 3.12. The molecule has 3 nitrogen and oxygen atoms in total. The van der Waals surface area contributed by atoms with Crippen LogP contribution in [0.5, 0.6) is 0 Å². The van der Waals surface area contributed by atoms with Crippen molar-refractivity contribution in [3.8, 4) is 0 Å². The second-order valence-corrected chi connectivity index (χ2v) is 3.75. The number of hydrogen-bond acceptors (Lipinski definition) is 2. The normalized spacial score (nSPS) is 10.9. The van der Waals surface area contributed by atoms with E-state index in [1.54, 1.807) is 12.1 Å². The number of rotatable bonds is 1. The van der Waals surface area contributed by atoms with Gasteiger partial charge in [-0.25, -0.2) is 4.79 Å². The second-order valence-electron chi connectivity index (χ2n) is 3.75. The fourth-order valence-electron chi connectivity index (χ4n) is 1.86. The summed E-state index contributed by atoms with van der Waals surface area (Å²) >= 11 is 0. The quantitative estimate of drug-likeness (QED) is 0.776. The lowest BCUT2D eigenvalue weighted by Gasteiger charge is -1.99. The van der Waals surface area contributed by atoms with Crippen molar-refractivity contribution in [2.24, 2.45) is 0 Å². The van der Waals surface area contributed by atoms with Gasteiger partial charge in [0.05, 0.1) is 5.56 Å². The highest BCUT2D eigenvalue weighted by molar-refractivity contribution is 5.95. The van der Waals surface area contributed by atoms with Crippen LogP contribution in [0.3, 0.4) is 0 Å². The van der Waals surface area contributed by atoms with E-state index in [2.05, 4.69) is 0 Å². The lowest BCUT2D eigenvalue weighted by Crippen LogP contribution is -1.96. The minimum absolute atomic E-state index is 0.272. The molecule has 2 aromatic rings.